The highest BCUT2D eigenvalue weighted by Crippen LogP contribution is 2.32. The molecule has 328 valence electrons. The second-order valence-electron chi connectivity index (χ2n) is 14.5. The number of piperidine rings is 1. The number of rotatable bonds is 37. The van der Waals surface area contributed by atoms with Crippen LogP contribution in [0.1, 0.15) is 130 Å². The Kier molecular flexibility index (Phi) is 26.5. The first-order valence-electron chi connectivity index (χ1n) is 21.6. The number of esters is 1. The van der Waals surface area contributed by atoms with Crippen molar-refractivity contribution in [2.45, 2.75) is 116 Å². The summed E-state index contributed by atoms with van der Waals surface area (Å²) in [6, 6.07) is 3.91. The number of amides is 4. The predicted octanol–water partition coefficient (Wildman–Crippen LogP) is 5.62. The fraction of sp³-hybridized carbons (Fsp3) is 0.744. The second-order valence-corrected chi connectivity index (χ2v) is 14.5. The molecule has 0 saturated carbocycles. The molecule has 1 saturated heterocycles. The van der Waals surface area contributed by atoms with Gasteiger partial charge in [-0.05, 0) is 25.0 Å². The van der Waals surface area contributed by atoms with Crippen molar-refractivity contribution in [3.8, 4) is 0 Å². The van der Waals surface area contributed by atoms with Gasteiger partial charge >= 0.3 is 5.97 Å². The van der Waals surface area contributed by atoms with Crippen LogP contribution >= 0.6 is 0 Å². The Bertz CT molecular complexity index is 1350. The first kappa shape index (κ1) is 48.9. The van der Waals surface area contributed by atoms with Crippen LogP contribution in [0, 0.1) is 0 Å². The smallest absolute Gasteiger partial charge is 0.305 e. The molecule has 4 amide bonds. The van der Waals surface area contributed by atoms with E-state index in [0.29, 0.717) is 97.9 Å². The molecular weight excluding hydrogens is 750 g/mol. The van der Waals surface area contributed by atoms with E-state index in [0.717, 1.165) is 17.7 Å². The van der Waals surface area contributed by atoms with Gasteiger partial charge in [0.05, 0.1) is 90.4 Å². The molecule has 15 heteroatoms. The maximum absolute atomic E-state index is 13.2. The van der Waals surface area contributed by atoms with Crippen LogP contribution in [0.4, 0.5) is 5.69 Å². The van der Waals surface area contributed by atoms with Gasteiger partial charge in [-0.25, -0.2) is 0 Å². The zero-order valence-corrected chi connectivity index (χ0v) is 34.9. The molecule has 0 radical (unpaired) electrons. The van der Waals surface area contributed by atoms with E-state index in [4.69, 9.17) is 33.2 Å². The molecule has 2 heterocycles. The largest absolute Gasteiger partial charge is 0.463 e. The summed E-state index contributed by atoms with van der Waals surface area (Å²) in [7, 11) is 0. The van der Waals surface area contributed by atoms with Gasteiger partial charge in [-0.2, -0.15) is 0 Å². The van der Waals surface area contributed by atoms with E-state index >= 15 is 0 Å². The summed E-state index contributed by atoms with van der Waals surface area (Å²) in [6.45, 7) is 7.86. The first-order valence-corrected chi connectivity index (χ1v) is 21.6. The minimum atomic E-state index is -1.01. The zero-order valence-electron chi connectivity index (χ0n) is 34.9. The fourth-order valence-electron chi connectivity index (χ4n) is 6.70. The minimum Gasteiger partial charge on any atom is -0.463 e. The predicted molar refractivity (Wildman–Crippen MR) is 218 cm³/mol. The van der Waals surface area contributed by atoms with E-state index < -0.39 is 29.7 Å². The summed E-state index contributed by atoms with van der Waals surface area (Å²) in [5.41, 5.74) is 0.909. The summed E-state index contributed by atoms with van der Waals surface area (Å²) < 4.78 is 38.4. The molecule has 58 heavy (non-hydrogen) atoms. The average molecular weight is 820 g/mol. The van der Waals surface area contributed by atoms with Gasteiger partial charge in [0.25, 0.3) is 11.8 Å². The second kappa shape index (κ2) is 31.5. The van der Waals surface area contributed by atoms with Gasteiger partial charge in [0.15, 0.2) is 0 Å². The lowest BCUT2D eigenvalue weighted by Gasteiger charge is -2.27. The number of benzene rings is 1. The number of carbonyl (C=O) groups excluding carboxylic acids is 5. The monoisotopic (exact) mass is 819 g/mol. The minimum absolute atomic E-state index is 0.0660. The molecule has 2 aliphatic heterocycles. The summed E-state index contributed by atoms with van der Waals surface area (Å²) in [5.74, 6) is -2.32. The Balaban J connectivity index is 1.01. The third kappa shape index (κ3) is 20.0. The molecule has 0 bridgehead atoms. The zero-order chi connectivity index (χ0) is 41.5. The van der Waals surface area contributed by atoms with E-state index in [-0.39, 0.29) is 36.5 Å². The third-order valence-electron chi connectivity index (χ3n) is 9.87. The molecular formula is C43H69N3O12. The maximum Gasteiger partial charge on any atom is 0.305 e. The SMILES string of the molecule is CCCCCCCCCCCCCCCC(=O)OCCOCCOCCOCCOCCOCCOCCNc1cccc2c1C(=O)N(C1CCC(=O)NC1=O)C2=O. The maximum atomic E-state index is 13.2. The average Bonchev–Trinajstić information content (AvgIpc) is 3.47. The van der Waals surface area contributed by atoms with Crippen LogP contribution in [0.25, 0.3) is 0 Å². The third-order valence-corrected chi connectivity index (χ3v) is 9.87. The van der Waals surface area contributed by atoms with Crippen LogP contribution in [-0.4, -0.2) is 133 Å². The number of ether oxygens (including phenoxy) is 7. The Morgan fingerprint density at radius 2 is 1.12 bits per heavy atom. The van der Waals surface area contributed by atoms with Crippen molar-refractivity contribution >= 4 is 35.3 Å². The highest BCUT2D eigenvalue weighted by atomic mass is 16.6. The Labute approximate surface area is 344 Å². The van der Waals surface area contributed by atoms with E-state index in [1.165, 1.54) is 70.6 Å². The lowest BCUT2D eigenvalue weighted by Crippen LogP contribution is -2.54. The number of carbonyl (C=O) groups is 5. The van der Waals surface area contributed by atoms with Crippen LogP contribution in [0.15, 0.2) is 18.2 Å². The van der Waals surface area contributed by atoms with E-state index in [9.17, 15) is 24.0 Å². The molecule has 1 unspecified atom stereocenters. The quantitative estimate of drug-likeness (QED) is 0.0481. The number of nitrogens with zero attached hydrogens (tertiary/aromatic N) is 1. The van der Waals surface area contributed by atoms with Gasteiger partial charge in [0, 0.05) is 25.1 Å². The van der Waals surface area contributed by atoms with Crippen molar-refractivity contribution in [1.82, 2.24) is 10.2 Å². The first-order chi connectivity index (χ1) is 28.4. The molecule has 0 spiro atoms. The van der Waals surface area contributed by atoms with Crippen molar-refractivity contribution in [3.63, 3.8) is 0 Å². The molecule has 0 aromatic heterocycles. The van der Waals surface area contributed by atoms with E-state index in [1.807, 2.05) is 0 Å². The number of imide groups is 2. The molecule has 1 fully saturated rings. The van der Waals surface area contributed by atoms with Gasteiger partial charge in [0.1, 0.15) is 12.6 Å². The topological polar surface area (TPSA) is 177 Å². The highest BCUT2D eigenvalue weighted by molar-refractivity contribution is 6.25. The Morgan fingerprint density at radius 3 is 1.64 bits per heavy atom. The number of unbranched alkanes of at least 4 members (excludes halogenated alkanes) is 12. The van der Waals surface area contributed by atoms with Crippen molar-refractivity contribution in [1.29, 1.82) is 0 Å². The Hall–Kier alpha value is -3.47. The molecule has 1 aromatic rings. The summed E-state index contributed by atoms with van der Waals surface area (Å²) >= 11 is 0. The van der Waals surface area contributed by atoms with E-state index in [2.05, 4.69) is 17.6 Å². The normalized spacial score (nSPS) is 15.3. The molecule has 2 N–H and O–H groups in total. The van der Waals surface area contributed by atoms with Gasteiger partial charge in [-0.3, -0.25) is 34.2 Å². The lowest BCUT2D eigenvalue weighted by molar-refractivity contribution is -0.145. The van der Waals surface area contributed by atoms with Crippen molar-refractivity contribution in [2.75, 3.05) is 97.8 Å². The lowest BCUT2D eigenvalue weighted by atomic mass is 10.0. The molecule has 1 aromatic carbocycles. The van der Waals surface area contributed by atoms with Crippen LogP contribution in [0.2, 0.25) is 0 Å². The standard InChI is InChI=1S/C43H69N3O12/c1-2-3-4-5-6-7-8-9-10-11-12-13-14-18-39(48)58-34-33-57-32-31-56-30-29-55-28-27-54-26-25-53-24-23-52-22-21-44-36-17-15-16-35-40(36)43(51)46(42(35)50)37-19-20-38(47)45-41(37)49/h15-17,37,44H,2-14,18-34H2,1H3,(H,45,47,49). The van der Waals surface area contributed by atoms with Crippen molar-refractivity contribution in [2.24, 2.45) is 0 Å². The number of fused-ring (bicyclic) bond motifs is 1. The van der Waals surface area contributed by atoms with Crippen molar-refractivity contribution < 1.29 is 57.1 Å². The van der Waals surface area contributed by atoms with Gasteiger partial charge in [-0.1, -0.05) is 90.0 Å². The molecule has 0 aliphatic carbocycles. The number of hydrogen-bond acceptors (Lipinski definition) is 13. The van der Waals surface area contributed by atoms with E-state index in [1.54, 1.807) is 18.2 Å². The van der Waals surface area contributed by atoms with Gasteiger partial charge in [-0.15, -0.1) is 0 Å². The molecule has 3 rings (SSSR count). The number of anilines is 1. The summed E-state index contributed by atoms with van der Waals surface area (Å²) in [5, 5.41) is 5.34. The van der Waals surface area contributed by atoms with Crippen LogP contribution in [0.5, 0.6) is 0 Å². The van der Waals surface area contributed by atoms with Gasteiger partial charge in [0.2, 0.25) is 11.8 Å². The van der Waals surface area contributed by atoms with Crippen LogP contribution in [-0.2, 0) is 47.5 Å². The molecule has 15 nitrogen and oxygen atoms in total. The summed E-state index contributed by atoms with van der Waals surface area (Å²) in [6.07, 6.45) is 17.3. The van der Waals surface area contributed by atoms with Crippen LogP contribution in [0.3, 0.4) is 0 Å². The van der Waals surface area contributed by atoms with Crippen LogP contribution < -0.4 is 10.6 Å². The number of nitrogens with one attached hydrogen (secondary N) is 2. The summed E-state index contributed by atoms with van der Waals surface area (Å²) in [4.78, 5) is 62.8. The fourth-order valence-corrected chi connectivity index (χ4v) is 6.70. The molecule has 1 atom stereocenters. The van der Waals surface area contributed by atoms with Gasteiger partial charge < -0.3 is 38.5 Å². The van der Waals surface area contributed by atoms with Crippen molar-refractivity contribution in [3.05, 3.63) is 29.3 Å². The molecule has 2 aliphatic rings. The number of hydrogen-bond donors (Lipinski definition) is 2. The Morgan fingerprint density at radius 1 is 0.638 bits per heavy atom. The highest BCUT2D eigenvalue weighted by Gasteiger charge is 2.45.